The Hall–Kier alpha value is -2.55. The second-order valence-electron chi connectivity index (χ2n) is 7.93. The van der Waals surface area contributed by atoms with Crippen molar-refractivity contribution in [2.45, 2.75) is 58.5 Å². The predicted molar refractivity (Wildman–Crippen MR) is 115 cm³/mol. The summed E-state index contributed by atoms with van der Waals surface area (Å²) in [6, 6.07) is -0.0683. The SMILES string of the molecule is CNc1nc([C@@H]2CCCCN2C(C)=O)nc2c1CN(C(=O)Cc1csc(C)n1)CC2. The topological polar surface area (TPSA) is 91.3 Å². The Morgan fingerprint density at radius 1 is 1.23 bits per heavy atom. The molecule has 0 saturated carbocycles. The van der Waals surface area contributed by atoms with Crippen LogP contribution in [0.1, 0.15) is 60.0 Å². The van der Waals surface area contributed by atoms with Gasteiger partial charge in [-0.25, -0.2) is 15.0 Å². The molecular weight excluding hydrogens is 400 g/mol. The lowest BCUT2D eigenvalue weighted by atomic mass is 10.00. The highest BCUT2D eigenvalue weighted by molar-refractivity contribution is 7.09. The van der Waals surface area contributed by atoms with Gasteiger partial charge in [-0.1, -0.05) is 0 Å². The molecule has 2 aliphatic rings. The van der Waals surface area contributed by atoms with Gasteiger partial charge in [-0.05, 0) is 26.2 Å². The van der Waals surface area contributed by atoms with Gasteiger partial charge in [0.1, 0.15) is 5.82 Å². The van der Waals surface area contributed by atoms with Crippen molar-refractivity contribution in [3.8, 4) is 0 Å². The molecule has 0 spiro atoms. The highest BCUT2D eigenvalue weighted by atomic mass is 32.1. The molecule has 2 aromatic rings. The zero-order chi connectivity index (χ0) is 21.3. The molecule has 1 N–H and O–H groups in total. The monoisotopic (exact) mass is 428 g/mol. The number of amides is 2. The summed E-state index contributed by atoms with van der Waals surface area (Å²) >= 11 is 1.57. The lowest BCUT2D eigenvalue weighted by Gasteiger charge is -2.35. The number of hydrogen-bond donors (Lipinski definition) is 1. The molecule has 4 heterocycles. The Kier molecular flexibility index (Phi) is 5.99. The number of fused-ring (bicyclic) bond motifs is 1. The summed E-state index contributed by atoms with van der Waals surface area (Å²) in [4.78, 5) is 42.7. The molecule has 9 heteroatoms. The van der Waals surface area contributed by atoms with E-state index < -0.39 is 0 Å². The van der Waals surface area contributed by atoms with Gasteiger partial charge in [-0.15, -0.1) is 11.3 Å². The summed E-state index contributed by atoms with van der Waals surface area (Å²) in [6.45, 7) is 5.45. The zero-order valence-electron chi connectivity index (χ0n) is 17.8. The van der Waals surface area contributed by atoms with Gasteiger partial charge in [-0.3, -0.25) is 9.59 Å². The van der Waals surface area contributed by atoms with Crippen LogP contribution in [0.25, 0.3) is 0 Å². The molecule has 0 aliphatic carbocycles. The first-order chi connectivity index (χ1) is 14.5. The largest absolute Gasteiger partial charge is 0.373 e. The average Bonchev–Trinajstić information content (AvgIpc) is 3.16. The summed E-state index contributed by atoms with van der Waals surface area (Å²) in [5, 5.41) is 6.11. The summed E-state index contributed by atoms with van der Waals surface area (Å²) in [5.74, 6) is 1.62. The van der Waals surface area contributed by atoms with Crippen molar-refractivity contribution in [3.63, 3.8) is 0 Å². The van der Waals surface area contributed by atoms with E-state index in [0.29, 0.717) is 31.8 Å². The number of thiazole rings is 1. The van der Waals surface area contributed by atoms with E-state index in [2.05, 4.69) is 10.3 Å². The third-order valence-corrected chi connectivity index (χ3v) is 6.69. The van der Waals surface area contributed by atoms with E-state index in [1.165, 1.54) is 0 Å². The van der Waals surface area contributed by atoms with Crippen LogP contribution in [-0.2, 0) is 29.0 Å². The van der Waals surface area contributed by atoms with Crippen molar-refractivity contribution in [3.05, 3.63) is 33.2 Å². The first-order valence-electron chi connectivity index (χ1n) is 10.5. The van der Waals surface area contributed by atoms with Gasteiger partial charge in [0.2, 0.25) is 11.8 Å². The standard InChI is InChI=1S/C21H28N6O2S/c1-13-23-15(12-30-13)10-19(29)26-9-7-17-16(11-26)20(22-3)25-21(24-17)18-6-4-5-8-27(18)14(2)28/h12,18H,4-11H2,1-3H3,(H,22,24,25)/t18-/m0/s1. The van der Waals surface area contributed by atoms with Crippen molar-refractivity contribution in [1.29, 1.82) is 0 Å². The highest BCUT2D eigenvalue weighted by Gasteiger charge is 2.31. The van der Waals surface area contributed by atoms with E-state index in [1.807, 2.05) is 29.2 Å². The Morgan fingerprint density at radius 3 is 2.77 bits per heavy atom. The van der Waals surface area contributed by atoms with Gasteiger partial charge >= 0.3 is 0 Å². The molecule has 0 aromatic carbocycles. The molecule has 4 rings (SSSR count). The van der Waals surface area contributed by atoms with Crippen LogP contribution in [-0.4, -0.2) is 56.7 Å². The van der Waals surface area contributed by atoms with Crippen LogP contribution < -0.4 is 5.32 Å². The Morgan fingerprint density at radius 2 is 2.07 bits per heavy atom. The maximum Gasteiger partial charge on any atom is 0.228 e. The smallest absolute Gasteiger partial charge is 0.228 e. The Bertz CT molecular complexity index is 942. The number of aryl methyl sites for hydroxylation is 1. The average molecular weight is 429 g/mol. The van der Waals surface area contributed by atoms with Crippen molar-refractivity contribution in [1.82, 2.24) is 24.8 Å². The van der Waals surface area contributed by atoms with E-state index in [9.17, 15) is 9.59 Å². The van der Waals surface area contributed by atoms with Gasteiger partial charge in [0.15, 0.2) is 5.82 Å². The minimum absolute atomic E-state index is 0.0683. The predicted octanol–water partition coefficient (Wildman–Crippen LogP) is 2.48. The van der Waals surface area contributed by atoms with E-state index in [-0.39, 0.29) is 17.9 Å². The summed E-state index contributed by atoms with van der Waals surface area (Å²) in [7, 11) is 1.84. The van der Waals surface area contributed by atoms with Gasteiger partial charge in [0.25, 0.3) is 0 Å². The molecule has 0 unspecified atom stereocenters. The Labute approximate surface area is 180 Å². The minimum atomic E-state index is -0.0683. The van der Waals surface area contributed by atoms with Crippen LogP contribution in [0, 0.1) is 6.92 Å². The van der Waals surface area contributed by atoms with Crippen LogP contribution in [0.15, 0.2) is 5.38 Å². The number of likely N-dealkylation sites (tertiary alicyclic amines) is 1. The zero-order valence-corrected chi connectivity index (χ0v) is 18.6. The number of nitrogens with zero attached hydrogens (tertiary/aromatic N) is 5. The van der Waals surface area contributed by atoms with Crippen LogP contribution in [0.5, 0.6) is 0 Å². The molecule has 1 saturated heterocycles. The first-order valence-corrected chi connectivity index (χ1v) is 11.4. The first kappa shape index (κ1) is 20.7. The van der Waals surface area contributed by atoms with Gasteiger partial charge in [0.05, 0.1) is 35.4 Å². The third-order valence-electron chi connectivity index (χ3n) is 5.87. The van der Waals surface area contributed by atoms with E-state index in [1.54, 1.807) is 18.3 Å². The molecular formula is C21H28N6O2S. The highest BCUT2D eigenvalue weighted by Crippen LogP contribution is 2.32. The molecule has 2 aromatic heterocycles. The number of carbonyl (C=O) groups is 2. The molecule has 0 radical (unpaired) electrons. The summed E-state index contributed by atoms with van der Waals surface area (Å²) < 4.78 is 0. The molecule has 160 valence electrons. The van der Waals surface area contributed by atoms with Crippen LogP contribution in [0.2, 0.25) is 0 Å². The lowest BCUT2D eigenvalue weighted by molar-refractivity contribution is -0.133. The van der Waals surface area contributed by atoms with Crippen molar-refractivity contribution < 1.29 is 9.59 Å². The van der Waals surface area contributed by atoms with Gasteiger partial charge in [-0.2, -0.15) is 0 Å². The van der Waals surface area contributed by atoms with Crippen LogP contribution in [0.4, 0.5) is 5.82 Å². The van der Waals surface area contributed by atoms with Gasteiger partial charge < -0.3 is 15.1 Å². The van der Waals surface area contributed by atoms with Crippen molar-refractivity contribution >= 4 is 29.0 Å². The molecule has 8 nitrogen and oxygen atoms in total. The summed E-state index contributed by atoms with van der Waals surface area (Å²) in [6.07, 6.45) is 3.99. The van der Waals surface area contributed by atoms with E-state index >= 15 is 0 Å². The fourth-order valence-electron chi connectivity index (χ4n) is 4.33. The number of nitrogens with one attached hydrogen (secondary N) is 1. The molecule has 1 atom stereocenters. The van der Waals surface area contributed by atoms with Crippen LogP contribution >= 0.6 is 11.3 Å². The number of piperidine rings is 1. The van der Waals surface area contributed by atoms with Crippen molar-refractivity contribution in [2.24, 2.45) is 0 Å². The fourth-order valence-corrected chi connectivity index (χ4v) is 4.95. The quantitative estimate of drug-likeness (QED) is 0.805. The summed E-state index contributed by atoms with van der Waals surface area (Å²) in [5.41, 5.74) is 2.78. The number of carbonyl (C=O) groups excluding carboxylic acids is 2. The fraction of sp³-hybridized carbons (Fsp3) is 0.571. The lowest BCUT2D eigenvalue weighted by Crippen LogP contribution is -2.40. The number of aromatic nitrogens is 3. The van der Waals surface area contributed by atoms with Crippen molar-refractivity contribution in [2.75, 3.05) is 25.5 Å². The second kappa shape index (κ2) is 8.67. The number of anilines is 1. The maximum atomic E-state index is 12.8. The molecule has 2 amide bonds. The van der Waals surface area contributed by atoms with E-state index in [0.717, 1.165) is 53.6 Å². The molecule has 2 aliphatic heterocycles. The van der Waals surface area contributed by atoms with Crippen LogP contribution in [0.3, 0.4) is 0 Å². The molecule has 1 fully saturated rings. The Balaban J connectivity index is 1.56. The van der Waals surface area contributed by atoms with Gasteiger partial charge in [0, 0.05) is 44.4 Å². The number of rotatable bonds is 4. The maximum absolute atomic E-state index is 12.8. The van der Waals surface area contributed by atoms with E-state index in [4.69, 9.17) is 9.97 Å². The normalized spacial score (nSPS) is 18.8. The minimum Gasteiger partial charge on any atom is -0.373 e. The third kappa shape index (κ3) is 4.16. The molecule has 30 heavy (non-hydrogen) atoms. The number of hydrogen-bond acceptors (Lipinski definition) is 7. The molecule has 0 bridgehead atoms. The second-order valence-corrected chi connectivity index (χ2v) is 8.99.